The molecule has 2 aromatic heterocycles. The van der Waals surface area contributed by atoms with E-state index in [-0.39, 0.29) is 5.78 Å². The van der Waals surface area contributed by atoms with Crippen LogP contribution in [0.2, 0.25) is 0 Å². The summed E-state index contributed by atoms with van der Waals surface area (Å²) >= 11 is 0. The number of carbonyl (C=O) groups excluding carboxylic acids is 1. The lowest BCUT2D eigenvalue weighted by atomic mass is 9.95. The molecule has 2 aliphatic rings. The number of hydrogen-bond acceptors (Lipinski definition) is 7. The molecule has 190 valence electrons. The van der Waals surface area contributed by atoms with Crippen LogP contribution in [0.25, 0.3) is 22.6 Å². The number of rotatable bonds is 6. The van der Waals surface area contributed by atoms with E-state index in [0.717, 1.165) is 61.6 Å². The Kier molecular flexibility index (Phi) is 6.57. The number of carbonyl (C=O) groups is 1. The Morgan fingerprint density at radius 2 is 1.78 bits per heavy atom. The summed E-state index contributed by atoms with van der Waals surface area (Å²) in [6, 6.07) is 16.3. The molecule has 0 spiro atoms. The van der Waals surface area contributed by atoms with Gasteiger partial charge in [0.15, 0.2) is 28.6 Å². The van der Waals surface area contributed by atoms with Gasteiger partial charge in [0.2, 0.25) is 0 Å². The van der Waals surface area contributed by atoms with Crippen molar-refractivity contribution in [1.29, 1.82) is 0 Å². The molecule has 37 heavy (non-hydrogen) atoms. The quantitative estimate of drug-likeness (QED) is 0.339. The highest BCUT2D eigenvalue weighted by Crippen LogP contribution is 2.33. The van der Waals surface area contributed by atoms with Gasteiger partial charge in [0, 0.05) is 41.6 Å². The molecular weight excluding hydrogens is 464 g/mol. The summed E-state index contributed by atoms with van der Waals surface area (Å²) in [6.07, 6.45) is 7.92. The number of imidazole rings is 1. The number of Topliss-reactive ketones (excluding diaryl/α,β-unsaturated/α-hetero) is 1. The van der Waals surface area contributed by atoms with Gasteiger partial charge in [-0.1, -0.05) is 37.5 Å². The lowest BCUT2D eigenvalue weighted by Crippen LogP contribution is -2.36. The smallest absolute Gasteiger partial charge is 0.166 e. The Bertz CT molecular complexity index is 1400. The van der Waals surface area contributed by atoms with Crippen molar-refractivity contribution in [3.8, 4) is 11.4 Å². The van der Waals surface area contributed by atoms with Gasteiger partial charge in [-0.2, -0.15) is 0 Å². The fraction of sp³-hybridized carbons (Fsp3) is 0.379. The topological polar surface area (TPSA) is 85.2 Å². The second kappa shape index (κ2) is 10.3. The minimum absolute atomic E-state index is 0.0221. The van der Waals surface area contributed by atoms with E-state index in [9.17, 15) is 4.79 Å². The maximum atomic E-state index is 12.0. The van der Waals surface area contributed by atoms with E-state index in [2.05, 4.69) is 39.0 Å². The molecule has 1 saturated heterocycles. The molecule has 2 fully saturated rings. The number of ketones is 1. The predicted molar refractivity (Wildman–Crippen MR) is 146 cm³/mol. The summed E-state index contributed by atoms with van der Waals surface area (Å²) in [5.41, 5.74) is 5.18. The second-order valence-electron chi connectivity index (χ2n) is 9.92. The average Bonchev–Trinajstić information content (AvgIpc) is 3.39. The van der Waals surface area contributed by atoms with E-state index >= 15 is 0 Å². The van der Waals surface area contributed by atoms with Crippen molar-refractivity contribution in [3.05, 3.63) is 60.4 Å². The Balaban J connectivity index is 1.39. The van der Waals surface area contributed by atoms with Crippen LogP contribution in [0.5, 0.6) is 0 Å². The molecule has 0 bridgehead atoms. The summed E-state index contributed by atoms with van der Waals surface area (Å²) in [5, 5.41) is 3.50. The van der Waals surface area contributed by atoms with Crippen LogP contribution in [0.15, 0.2) is 54.9 Å². The van der Waals surface area contributed by atoms with Crippen LogP contribution in [0.3, 0.4) is 0 Å². The van der Waals surface area contributed by atoms with Gasteiger partial charge < -0.3 is 19.5 Å². The van der Waals surface area contributed by atoms with Gasteiger partial charge in [0.1, 0.15) is 0 Å². The number of hydrogen-bond donors (Lipinski definition) is 1. The number of anilines is 3. The zero-order valence-electron chi connectivity index (χ0n) is 21.2. The first-order chi connectivity index (χ1) is 18.2. The van der Waals surface area contributed by atoms with E-state index in [1.54, 1.807) is 6.92 Å². The van der Waals surface area contributed by atoms with Crippen LogP contribution in [-0.4, -0.2) is 51.6 Å². The van der Waals surface area contributed by atoms with E-state index in [1.807, 2.05) is 30.6 Å². The largest absolute Gasteiger partial charge is 0.378 e. The monoisotopic (exact) mass is 496 g/mol. The highest BCUT2D eigenvalue weighted by molar-refractivity contribution is 5.95. The summed E-state index contributed by atoms with van der Waals surface area (Å²) < 4.78 is 7.71. The summed E-state index contributed by atoms with van der Waals surface area (Å²) in [5.74, 6) is 1.27. The number of nitrogens with one attached hydrogen (secondary N) is 1. The molecule has 0 radical (unpaired) electrons. The molecule has 6 rings (SSSR count). The van der Waals surface area contributed by atoms with E-state index in [0.29, 0.717) is 23.2 Å². The van der Waals surface area contributed by atoms with Crippen LogP contribution in [-0.2, 0) is 4.74 Å². The van der Waals surface area contributed by atoms with Crippen molar-refractivity contribution in [2.45, 2.75) is 45.1 Å². The third-order valence-corrected chi connectivity index (χ3v) is 7.42. The first-order valence-electron chi connectivity index (χ1n) is 13.2. The fourth-order valence-electron chi connectivity index (χ4n) is 5.35. The minimum Gasteiger partial charge on any atom is -0.378 e. The number of aromatic nitrogens is 4. The molecule has 3 heterocycles. The molecule has 8 heteroatoms. The molecule has 0 unspecified atom stereocenters. The molecule has 4 aromatic rings. The van der Waals surface area contributed by atoms with Crippen LogP contribution in [0.1, 0.15) is 55.4 Å². The number of nitrogens with zero attached hydrogens (tertiary/aromatic N) is 5. The minimum atomic E-state index is 0.0221. The standard InChI is InChI=1S/C29H32N6O2/c1-20(36)21-6-5-7-22(18-21)27-32-28(26-29(33-27)35(19-30-26)25-8-3-2-4-9-25)31-23-10-12-24(13-11-23)34-14-16-37-17-15-34/h5-7,10-13,18-19,25H,2-4,8-9,14-17H2,1H3,(H,31,32,33). The number of morpholine rings is 1. The number of benzene rings is 2. The van der Waals surface area contributed by atoms with Gasteiger partial charge in [-0.25, -0.2) is 15.0 Å². The Morgan fingerprint density at radius 1 is 1.00 bits per heavy atom. The van der Waals surface area contributed by atoms with Crippen LogP contribution >= 0.6 is 0 Å². The summed E-state index contributed by atoms with van der Waals surface area (Å²) in [7, 11) is 0. The third kappa shape index (κ3) is 4.93. The van der Waals surface area contributed by atoms with Crippen LogP contribution in [0.4, 0.5) is 17.2 Å². The van der Waals surface area contributed by atoms with Crippen molar-refractivity contribution in [2.75, 3.05) is 36.5 Å². The number of fused-ring (bicyclic) bond motifs is 1. The van der Waals surface area contributed by atoms with Gasteiger partial charge in [-0.3, -0.25) is 4.79 Å². The zero-order valence-corrected chi connectivity index (χ0v) is 21.2. The molecule has 1 aliphatic carbocycles. The van der Waals surface area contributed by atoms with Crippen molar-refractivity contribution in [2.24, 2.45) is 0 Å². The van der Waals surface area contributed by atoms with Crippen molar-refractivity contribution < 1.29 is 9.53 Å². The van der Waals surface area contributed by atoms with E-state index < -0.39 is 0 Å². The van der Waals surface area contributed by atoms with Gasteiger partial charge in [0.25, 0.3) is 0 Å². The number of ether oxygens (including phenoxy) is 1. The molecule has 1 saturated carbocycles. The van der Waals surface area contributed by atoms with E-state index in [1.165, 1.54) is 24.9 Å². The lowest BCUT2D eigenvalue weighted by molar-refractivity contribution is 0.101. The summed E-state index contributed by atoms with van der Waals surface area (Å²) in [4.78, 5) is 29.0. The average molecular weight is 497 g/mol. The maximum Gasteiger partial charge on any atom is 0.166 e. The first-order valence-corrected chi connectivity index (χ1v) is 13.2. The van der Waals surface area contributed by atoms with Crippen molar-refractivity contribution >= 4 is 34.1 Å². The van der Waals surface area contributed by atoms with Gasteiger partial charge in [-0.05, 0) is 50.1 Å². The predicted octanol–water partition coefficient (Wildman–Crippen LogP) is 5.78. The van der Waals surface area contributed by atoms with Crippen molar-refractivity contribution in [3.63, 3.8) is 0 Å². The Labute approximate surface area is 216 Å². The molecule has 0 atom stereocenters. The maximum absolute atomic E-state index is 12.0. The molecule has 0 amide bonds. The third-order valence-electron chi connectivity index (χ3n) is 7.42. The highest BCUT2D eigenvalue weighted by Gasteiger charge is 2.22. The molecule has 1 N–H and O–H groups in total. The molecule has 1 aliphatic heterocycles. The fourth-order valence-corrected chi connectivity index (χ4v) is 5.35. The van der Waals surface area contributed by atoms with Crippen molar-refractivity contribution in [1.82, 2.24) is 19.5 Å². The van der Waals surface area contributed by atoms with Crippen LogP contribution in [0, 0.1) is 0 Å². The molecule has 8 nitrogen and oxygen atoms in total. The lowest BCUT2D eigenvalue weighted by Gasteiger charge is -2.28. The zero-order chi connectivity index (χ0) is 25.2. The SMILES string of the molecule is CC(=O)c1cccc(-c2nc(Nc3ccc(N4CCOCC4)cc3)c3ncn(C4CCCCC4)c3n2)c1. The van der Waals surface area contributed by atoms with E-state index in [4.69, 9.17) is 19.7 Å². The summed E-state index contributed by atoms with van der Waals surface area (Å²) in [6.45, 7) is 4.91. The normalized spacial score (nSPS) is 16.7. The Morgan fingerprint density at radius 3 is 2.54 bits per heavy atom. The molecular formula is C29H32N6O2. The first kappa shape index (κ1) is 23.6. The van der Waals surface area contributed by atoms with Gasteiger partial charge in [0.05, 0.1) is 19.5 Å². The van der Waals surface area contributed by atoms with Gasteiger partial charge in [-0.15, -0.1) is 0 Å². The van der Waals surface area contributed by atoms with Gasteiger partial charge >= 0.3 is 0 Å². The van der Waals surface area contributed by atoms with Crippen LogP contribution < -0.4 is 10.2 Å². The molecule has 2 aromatic carbocycles. The second-order valence-corrected chi connectivity index (χ2v) is 9.92. The Hall–Kier alpha value is -3.78. The highest BCUT2D eigenvalue weighted by atomic mass is 16.5.